The molecule has 2 rings (SSSR count). The van der Waals surface area contributed by atoms with E-state index in [0.29, 0.717) is 26.1 Å². The van der Waals surface area contributed by atoms with Crippen molar-refractivity contribution in [3.63, 3.8) is 0 Å². The summed E-state index contributed by atoms with van der Waals surface area (Å²) in [4.78, 5) is 14.1. The molecule has 8 heteroatoms. The summed E-state index contributed by atoms with van der Waals surface area (Å²) in [6.45, 7) is 9.12. The predicted octanol–water partition coefficient (Wildman–Crippen LogP) is 2.30. The van der Waals surface area contributed by atoms with Crippen molar-refractivity contribution >= 4 is 16.2 Å². The number of ether oxygens (including phenoxy) is 1. The van der Waals surface area contributed by atoms with Gasteiger partial charge in [0, 0.05) is 25.7 Å². The highest BCUT2D eigenvalue weighted by molar-refractivity contribution is 7.86. The molecule has 0 radical (unpaired) electrons. The third kappa shape index (κ3) is 5.96. The molecule has 7 nitrogen and oxygen atoms in total. The van der Waals surface area contributed by atoms with E-state index in [1.165, 1.54) is 12.1 Å². The molecule has 1 fully saturated rings. The second-order valence-electron chi connectivity index (χ2n) is 7.41. The van der Waals surface area contributed by atoms with Crippen LogP contribution in [-0.2, 0) is 19.0 Å². The van der Waals surface area contributed by atoms with E-state index >= 15 is 0 Å². The molecule has 146 valence electrons. The fourth-order valence-corrected chi connectivity index (χ4v) is 3.57. The topological polar surface area (TPSA) is 84.9 Å². The summed E-state index contributed by atoms with van der Waals surface area (Å²) < 4.78 is 35.1. The lowest BCUT2D eigenvalue weighted by Crippen LogP contribution is -2.55. The second-order valence-corrected chi connectivity index (χ2v) is 9.02. The van der Waals surface area contributed by atoms with Crippen LogP contribution in [0.5, 0.6) is 0 Å². The standard InChI is InChI=1S/C18H28N2O5S/c1-14-5-7-16(8-6-14)26(22,23)24-12-9-15-13-19-10-11-20(15)17(21)25-18(2,3)4/h5-8,15,19H,9-13H2,1-4H3. The molecule has 1 saturated heterocycles. The average molecular weight is 384 g/mol. The highest BCUT2D eigenvalue weighted by Crippen LogP contribution is 2.17. The first-order valence-corrected chi connectivity index (χ1v) is 10.2. The van der Waals surface area contributed by atoms with Crippen LogP contribution in [0.3, 0.4) is 0 Å². The molecule has 0 spiro atoms. The van der Waals surface area contributed by atoms with Crippen molar-refractivity contribution in [2.75, 3.05) is 26.2 Å². The summed E-state index contributed by atoms with van der Waals surface area (Å²) in [5, 5.41) is 3.21. The van der Waals surface area contributed by atoms with Gasteiger partial charge in [-0.1, -0.05) is 17.7 Å². The van der Waals surface area contributed by atoms with Crippen molar-refractivity contribution in [2.24, 2.45) is 0 Å². The van der Waals surface area contributed by atoms with Crippen LogP contribution in [0.1, 0.15) is 32.8 Å². The largest absolute Gasteiger partial charge is 0.444 e. The normalized spacial score (nSPS) is 18.6. The lowest BCUT2D eigenvalue weighted by molar-refractivity contribution is 0.00998. The van der Waals surface area contributed by atoms with Crippen molar-refractivity contribution in [1.82, 2.24) is 10.2 Å². The number of hydrogen-bond acceptors (Lipinski definition) is 6. The Kier molecular flexibility index (Phi) is 6.65. The van der Waals surface area contributed by atoms with Crippen LogP contribution >= 0.6 is 0 Å². The zero-order chi connectivity index (χ0) is 19.4. The van der Waals surface area contributed by atoms with Gasteiger partial charge >= 0.3 is 6.09 Å². The van der Waals surface area contributed by atoms with Gasteiger partial charge in [0.15, 0.2) is 0 Å². The quantitative estimate of drug-likeness (QED) is 0.784. The van der Waals surface area contributed by atoms with Crippen molar-refractivity contribution in [2.45, 2.75) is 50.7 Å². The van der Waals surface area contributed by atoms with E-state index in [2.05, 4.69) is 5.32 Å². The van der Waals surface area contributed by atoms with Crippen molar-refractivity contribution in [1.29, 1.82) is 0 Å². The number of piperazine rings is 1. The van der Waals surface area contributed by atoms with Gasteiger partial charge in [0.1, 0.15) is 5.60 Å². The summed E-state index contributed by atoms with van der Waals surface area (Å²) in [6.07, 6.45) is 0.0162. The Morgan fingerprint density at radius 2 is 1.92 bits per heavy atom. The van der Waals surface area contributed by atoms with E-state index in [1.54, 1.807) is 17.0 Å². The zero-order valence-corrected chi connectivity index (χ0v) is 16.6. The lowest BCUT2D eigenvalue weighted by Gasteiger charge is -2.37. The van der Waals surface area contributed by atoms with Gasteiger partial charge in [-0.05, 0) is 46.2 Å². The van der Waals surface area contributed by atoms with E-state index in [4.69, 9.17) is 8.92 Å². The molecule has 1 heterocycles. The number of aryl methyl sites for hydroxylation is 1. The number of nitrogens with one attached hydrogen (secondary N) is 1. The van der Waals surface area contributed by atoms with Crippen molar-refractivity contribution in [3.8, 4) is 0 Å². The number of carbonyl (C=O) groups excluding carboxylic acids is 1. The molecule has 0 aliphatic carbocycles. The van der Waals surface area contributed by atoms with Gasteiger partial charge in [-0.15, -0.1) is 0 Å². The molecule has 1 amide bonds. The van der Waals surface area contributed by atoms with Crippen LogP contribution in [0.25, 0.3) is 0 Å². The second kappa shape index (κ2) is 8.37. The maximum absolute atomic E-state index is 12.4. The Bertz CT molecular complexity index is 710. The Morgan fingerprint density at radius 3 is 2.54 bits per heavy atom. The third-order valence-electron chi connectivity index (χ3n) is 3.98. The van der Waals surface area contributed by atoms with Crippen LogP contribution in [0, 0.1) is 6.92 Å². The van der Waals surface area contributed by atoms with Gasteiger partial charge < -0.3 is 15.0 Å². The minimum absolute atomic E-state index is 0.00184. The van der Waals surface area contributed by atoms with Gasteiger partial charge in [-0.2, -0.15) is 8.42 Å². The molecule has 1 aliphatic rings. The molecule has 1 N–H and O–H groups in total. The van der Waals surface area contributed by atoms with Crippen LogP contribution in [0.2, 0.25) is 0 Å². The maximum Gasteiger partial charge on any atom is 0.410 e. The molecule has 1 aliphatic heterocycles. The Hall–Kier alpha value is -1.64. The summed E-state index contributed by atoms with van der Waals surface area (Å²) in [7, 11) is -3.80. The number of benzene rings is 1. The summed E-state index contributed by atoms with van der Waals surface area (Å²) in [6, 6.07) is 6.34. The number of carbonyl (C=O) groups is 1. The summed E-state index contributed by atoms with van der Waals surface area (Å²) in [5.74, 6) is 0. The van der Waals surface area contributed by atoms with Gasteiger partial charge in [0.05, 0.1) is 11.5 Å². The van der Waals surface area contributed by atoms with Crippen LogP contribution in [0.15, 0.2) is 29.2 Å². The molecular weight excluding hydrogens is 356 g/mol. The van der Waals surface area contributed by atoms with Crippen LogP contribution < -0.4 is 5.32 Å². The van der Waals surface area contributed by atoms with Crippen molar-refractivity contribution in [3.05, 3.63) is 29.8 Å². The Balaban J connectivity index is 1.93. The third-order valence-corrected chi connectivity index (χ3v) is 5.30. The maximum atomic E-state index is 12.4. The van der Waals surface area contributed by atoms with Crippen LogP contribution in [0.4, 0.5) is 4.79 Å². The highest BCUT2D eigenvalue weighted by Gasteiger charge is 2.30. The minimum Gasteiger partial charge on any atom is -0.444 e. The minimum atomic E-state index is -3.80. The number of rotatable bonds is 5. The van der Waals surface area contributed by atoms with Gasteiger partial charge in [0.2, 0.25) is 0 Å². The lowest BCUT2D eigenvalue weighted by atomic mass is 10.1. The first kappa shape index (κ1) is 20.7. The molecule has 0 bridgehead atoms. The smallest absolute Gasteiger partial charge is 0.410 e. The fraction of sp³-hybridized carbons (Fsp3) is 0.611. The monoisotopic (exact) mass is 384 g/mol. The summed E-state index contributed by atoms with van der Waals surface area (Å²) >= 11 is 0. The Labute approximate surface area is 155 Å². The van der Waals surface area contributed by atoms with Crippen LogP contribution in [-0.4, -0.2) is 57.3 Å². The number of hydrogen-bond donors (Lipinski definition) is 1. The van der Waals surface area contributed by atoms with E-state index in [0.717, 1.165) is 5.56 Å². The zero-order valence-electron chi connectivity index (χ0n) is 15.8. The first-order chi connectivity index (χ1) is 12.1. The van der Waals surface area contributed by atoms with Crippen molar-refractivity contribution < 1.29 is 22.1 Å². The molecule has 1 aromatic rings. The summed E-state index contributed by atoms with van der Waals surface area (Å²) in [5.41, 5.74) is 0.405. The van der Waals surface area contributed by atoms with E-state index in [1.807, 2.05) is 27.7 Å². The predicted molar refractivity (Wildman–Crippen MR) is 98.5 cm³/mol. The average Bonchev–Trinajstić information content (AvgIpc) is 2.54. The molecule has 0 saturated carbocycles. The molecule has 1 atom stereocenters. The van der Waals surface area contributed by atoms with E-state index in [-0.39, 0.29) is 23.6 Å². The SMILES string of the molecule is Cc1ccc(S(=O)(=O)OCCC2CNCCN2C(=O)OC(C)(C)C)cc1. The van der Waals surface area contributed by atoms with Gasteiger partial charge in [-0.3, -0.25) is 4.18 Å². The van der Waals surface area contributed by atoms with Gasteiger partial charge in [0.25, 0.3) is 10.1 Å². The molecule has 1 unspecified atom stereocenters. The first-order valence-electron chi connectivity index (χ1n) is 8.75. The van der Waals surface area contributed by atoms with E-state index in [9.17, 15) is 13.2 Å². The van der Waals surface area contributed by atoms with E-state index < -0.39 is 15.7 Å². The number of nitrogens with zero attached hydrogens (tertiary/aromatic N) is 1. The molecular formula is C18H28N2O5S. The molecule has 1 aromatic carbocycles. The Morgan fingerprint density at radius 1 is 1.27 bits per heavy atom. The molecule has 26 heavy (non-hydrogen) atoms. The number of amides is 1. The highest BCUT2D eigenvalue weighted by atomic mass is 32.2. The fourth-order valence-electron chi connectivity index (χ4n) is 2.65. The van der Waals surface area contributed by atoms with Gasteiger partial charge in [-0.25, -0.2) is 4.79 Å². The molecule has 0 aromatic heterocycles.